The van der Waals surface area contributed by atoms with Crippen LogP contribution in [0.3, 0.4) is 0 Å². The number of halogens is 1. The molecule has 3 aromatic rings. The first-order valence-corrected chi connectivity index (χ1v) is 8.56. The van der Waals surface area contributed by atoms with Crippen LogP contribution in [-0.2, 0) is 0 Å². The average Bonchev–Trinajstić information content (AvgIpc) is 3.01. The van der Waals surface area contributed by atoms with E-state index in [9.17, 15) is 0 Å². The van der Waals surface area contributed by atoms with E-state index >= 15 is 0 Å². The third-order valence-corrected chi connectivity index (χ3v) is 4.76. The Hall–Kier alpha value is -2.18. The van der Waals surface area contributed by atoms with Crippen LogP contribution < -0.4 is 11.1 Å². The Kier molecular flexibility index (Phi) is 4.08. The Labute approximate surface area is 144 Å². The van der Waals surface area contributed by atoms with Crippen molar-refractivity contribution in [3.05, 3.63) is 35.5 Å². The molecular formula is C17H19ClN6. The van der Waals surface area contributed by atoms with Gasteiger partial charge in [-0.1, -0.05) is 29.8 Å². The van der Waals surface area contributed by atoms with Crippen LogP contribution in [0.2, 0.25) is 5.02 Å². The predicted octanol–water partition coefficient (Wildman–Crippen LogP) is 3.36. The summed E-state index contributed by atoms with van der Waals surface area (Å²) in [5.41, 5.74) is 8.38. The van der Waals surface area contributed by atoms with Crippen molar-refractivity contribution in [2.24, 2.45) is 5.73 Å². The molecular weight excluding hydrogens is 324 g/mol. The number of nitrogens with two attached hydrogens (primary N) is 1. The van der Waals surface area contributed by atoms with Crippen LogP contribution in [0.1, 0.15) is 25.7 Å². The molecule has 0 aliphatic heterocycles. The van der Waals surface area contributed by atoms with E-state index in [1.54, 1.807) is 6.20 Å². The van der Waals surface area contributed by atoms with Gasteiger partial charge in [-0.2, -0.15) is 5.10 Å². The number of nitrogens with one attached hydrogen (secondary N) is 2. The van der Waals surface area contributed by atoms with Crippen molar-refractivity contribution in [3.63, 3.8) is 0 Å². The minimum Gasteiger partial charge on any atom is -0.351 e. The van der Waals surface area contributed by atoms with Crippen LogP contribution in [0.15, 0.2) is 30.5 Å². The average molecular weight is 343 g/mol. The first-order valence-electron chi connectivity index (χ1n) is 8.19. The van der Waals surface area contributed by atoms with Crippen LogP contribution in [-0.4, -0.2) is 32.2 Å². The third kappa shape index (κ3) is 2.95. The molecule has 4 rings (SSSR count). The summed E-state index contributed by atoms with van der Waals surface area (Å²) in [7, 11) is 0. The Morgan fingerprint density at radius 1 is 1.21 bits per heavy atom. The Morgan fingerprint density at radius 3 is 2.96 bits per heavy atom. The van der Waals surface area contributed by atoms with Crippen LogP contribution in [0.25, 0.3) is 22.3 Å². The van der Waals surface area contributed by atoms with Gasteiger partial charge in [0, 0.05) is 17.5 Å². The lowest BCUT2D eigenvalue weighted by atomic mass is 9.92. The zero-order chi connectivity index (χ0) is 16.5. The van der Waals surface area contributed by atoms with Crippen molar-refractivity contribution in [2.75, 3.05) is 5.32 Å². The van der Waals surface area contributed by atoms with Crippen LogP contribution in [0.5, 0.6) is 0 Å². The monoisotopic (exact) mass is 342 g/mol. The molecule has 2 atom stereocenters. The van der Waals surface area contributed by atoms with Gasteiger partial charge in [0.2, 0.25) is 5.95 Å². The van der Waals surface area contributed by atoms with Gasteiger partial charge in [-0.25, -0.2) is 9.97 Å². The lowest BCUT2D eigenvalue weighted by Gasteiger charge is -2.27. The smallest absolute Gasteiger partial charge is 0.223 e. The first-order chi connectivity index (χ1) is 11.7. The van der Waals surface area contributed by atoms with Crippen molar-refractivity contribution in [2.45, 2.75) is 37.8 Å². The number of H-pyrrole nitrogens is 1. The minimum atomic E-state index is 0.248. The second-order valence-corrected chi connectivity index (χ2v) is 6.68. The number of benzene rings is 1. The zero-order valence-corrected chi connectivity index (χ0v) is 13.9. The summed E-state index contributed by atoms with van der Waals surface area (Å²) in [6.07, 6.45) is 5.86. The Bertz CT molecular complexity index is 861. The summed E-state index contributed by atoms with van der Waals surface area (Å²) < 4.78 is 0. The summed E-state index contributed by atoms with van der Waals surface area (Å²) in [6.45, 7) is 0. The SMILES string of the molecule is N[C@H]1CCCC(Nc2ncc(Cl)c(-c3n[nH]c4ccccc34)n2)C1. The number of hydrogen-bond donors (Lipinski definition) is 3. The molecule has 4 N–H and O–H groups in total. The number of fused-ring (bicyclic) bond motifs is 1. The molecule has 1 aliphatic carbocycles. The molecule has 1 fully saturated rings. The van der Waals surface area contributed by atoms with E-state index in [-0.39, 0.29) is 6.04 Å². The fraction of sp³-hybridized carbons (Fsp3) is 0.353. The molecule has 1 aromatic carbocycles. The number of aromatic amines is 1. The molecule has 7 heteroatoms. The van der Waals surface area contributed by atoms with Gasteiger partial charge in [0.1, 0.15) is 11.4 Å². The quantitative estimate of drug-likeness (QED) is 0.678. The van der Waals surface area contributed by atoms with Gasteiger partial charge in [-0.15, -0.1) is 0 Å². The molecule has 0 saturated heterocycles. The Morgan fingerprint density at radius 2 is 2.08 bits per heavy atom. The van der Waals surface area contributed by atoms with Crippen LogP contribution in [0, 0.1) is 0 Å². The molecule has 0 bridgehead atoms. The molecule has 1 aliphatic rings. The summed E-state index contributed by atoms with van der Waals surface area (Å²) in [5.74, 6) is 0.570. The minimum absolute atomic E-state index is 0.248. The topological polar surface area (TPSA) is 92.5 Å². The molecule has 0 radical (unpaired) electrons. The predicted molar refractivity (Wildman–Crippen MR) is 96.0 cm³/mol. The maximum absolute atomic E-state index is 6.33. The second-order valence-electron chi connectivity index (χ2n) is 6.28. The zero-order valence-electron chi connectivity index (χ0n) is 13.2. The lowest BCUT2D eigenvalue weighted by Crippen LogP contribution is -2.35. The number of anilines is 1. The fourth-order valence-corrected chi connectivity index (χ4v) is 3.47. The van der Waals surface area contributed by atoms with Gasteiger partial charge < -0.3 is 11.1 Å². The van der Waals surface area contributed by atoms with Crippen molar-refractivity contribution < 1.29 is 0 Å². The van der Waals surface area contributed by atoms with Gasteiger partial charge >= 0.3 is 0 Å². The molecule has 1 saturated carbocycles. The van der Waals surface area contributed by atoms with Gasteiger partial charge in [-0.3, -0.25) is 5.10 Å². The maximum Gasteiger partial charge on any atom is 0.223 e. The number of para-hydroxylation sites is 1. The van der Waals surface area contributed by atoms with E-state index in [0.29, 0.717) is 22.7 Å². The molecule has 24 heavy (non-hydrogen) atoms. The molecule has 2 aromatic heterocycles. The third-order valence-electron chi connectivity index (χ3n) is 4.49. The van der Waals surface area contributed by atoms with E-state index in [1.165, 1.54) is 0 Å². The maximum atomic E-state index is 6.33. The summed E-state index contributed by atoms with van der Waals surface area (Å²) in [5, 5.41) is 12.3. The first kappa shape index (κ1) is 15.4. The largest absolute Gasteiger partial charge is 0.351 e. The normalized spacial score (nSPS) is 21.1. The highest BCUT2D eigenvalue weighted by atomic mass is 35.5. The van der Waals surface area contributed by atoms with Gasteiger partial charge in [0.05, 0.1) is 16.7 Å². The Balaban J connectivity index is 1.66. The highest BCUT2D eigenvalue weighted by Gasteiger charge is 2.21. The summed E-state index contributed by atoms with van der Waals surface area (Å²) in [4.78, 5) is 8.92. The van der Waals surface area contributed by atoms with Gasteiger partial charge in [-0.05, 0) is 31.7 Å². The fourth-order valence-electron chi connectivity index (χ4n) is 3.29. The van der Waals surface area contributed by atoms with Crippen LogP contribution in [0.4, 0.5) is 5.95 Å². The number of hydrogen-bond acceptors (Lipinski definition) is 5. The lowest BCUT2D eigenvalue weighted by molar-refractivity contribution is 0.408. The summed E-state index contributed by atoms with van der Waals surface area (Å²) in [6, 6.07) is 8.46. The number of rotatable bonds is 3. The van der Waals surface area contributed by atoms with Crippen molar-refractivity contribution in [3.8, 4) is 11.4 Å². The standard InChI is InChI=1S/C17H19ClN6/c18-13-9-20-17(21-11-5-3-4-10(19)8-11)22-16(13)15-12-6-1-2-7-14(12)23-24-15/h1-2,6-7,9-11H,3-5,8,19H2,(H,23,24)(H,20,21,22)/t10-,11?/m0/s1. The van der Waals surface area contributed by atoms with Gasteiger partial charge in [0.25, 0.3) is 0 Å². The van der Waals surface area contributed by atoms with Crippen molar-refractivity contribution in [1.82, 2.24) is 20.2 Å². The van der Waals surface area contributed by atoms with E-state index < -0.39 is 0 Å². The number of nitrogens with zero attached hydrogens (tertiary/aromatic N) is 3. The van der Waals surface area contributed by atoms with Crippen molar-refractivity contribution in [1.29, 1.82) is 0 Å². The second kappa shape index (κ2) is 6.37. The number of aromatic nitrogens is 4. The van der Waals surface area contributed by atoms with E-state index in [4.69, 9.17) is 17.3 Å². The van der Waals surface area contributed by atoms with E-state index in [1.807, 2.05) is 24.3 Å². The van der Waals surface area contributed by atoms with Crippen molar-refractivity contribution >= 4 is 28.5 Å². The highest BCUT2D eigenvalue weighted by molar-refractivity contribution is 6.33. The van der Waals surface area contributed by atoms with E-state index in [2.05, 4.69) is 25.5 Å². The van der Waals surface area contributed by atoms with Crippen LogP contribution >= 0.6 is 11.6 Å². The highest BCUT2D eigenvalue weighted by Crippen LogP contribution is 2.30. The van der Waals surface area contributed by atoms with Gasteiger partial charge in [0.15, 0.2) is 0 Å². The van der Waals surface area contributed by atoms with E-state index in [0.717, 1.165) is 42.3 Å². The molecule has 124 valence electrons. The molecule has 0 amide bonds. The molecule has 6 nitrogen and oxygen atoms in total. The molecule has 2 heterocycles. The summed E-state index contributed by atoms with van der Waals surface area (Å²) >= 11 is 6.33. The molecule has 1 unspecified atom stereocenters. The molecule has 0 spiro atoms.